The third-order valence-corrected chi connectivity index (χ3v) is 6.34. The summed E-state index contributed by atoms with van der Waals surface area (Å²) >= 11 is 6.13. The second-order valence-electron chi connectivity index (χ2n) is 6.10. The maximum Gasteiger partial charge on any atom is 0.257 e. The fourth-order valence-corrected chi connectivity index (χ4v) is 4.85. The van der Waals surface area contributed by atoms with Crippen LogP contribution in [0.15, 0.2) is 42.5 Å². The molecule has 2 aromatic carbocycles. The Hall–Kier alpha value is -2.58. The molecule has 7 nitrogen and oxygen atoms in total. The van der Waals surface area contributed by atoms with Crippen molar-refractivity contribution in [1.82, 2.24) is 0 Å². The van der Waals surface area contributed by atoms with Crippen LogP contribution in [0.1, 0.15) is 17.3 Å². The second kappa shape index (κ2) is 7.21. The number of hydrogen-bond donors (Lipinski definition) is 1. The maximum absolute atomic E-state index is 12.7. The predicted octanol–water partition coefficient (Wildman–Crippen LogP) is 2.91. The molecule has 9 heteroatoms. The standard InChI is InChI=1S/C18H17ClN2O5S/c1-11-10-27(24,25)21(18(11)23)12-7-8-14(19)13(9-12)17(22)20-15-5-3-4-6-16(15)26-2/h3-9,11H,10H2,1-2H3,(H,20,22). The van der Waals surface area contributed by atoms with Gasteiger partial charge in [-0.25, -0.2) is 12.7 Å². The van der Waals surface area contributed by atoms with E-state index >= 15 is 0 Å². The Morgan fingerprint density at radius 2 is 1.96 bits per heavy atom. The van der Waals surface area contributed by atoms with Gasteiger partial charge < -0.3 is 10.1 Å². The van der Waals surface area contributed by atoms with Crippen molar-refractivity contribution < 1.29 is 22.7 Å². The van der Waals surface area contributed by atoms with E-state index in [1.54, 1.807) is 31.2 Å². The van der Waals surface area contributed by atoms with Gasteiger partial charge in [-0.3, -0.25) is 9.59 Å². The number of nitrogens with zero attached hydrogens (tertiary/aromatic N) is 1. The summed E-state index contributed by atoms with van der Waals surface area (Å²) in [6.45, 7) is 1.55. The number of methoxy groups -OCH3 is 1. The highest BCUT2D eigenvalue weighted by Gasteiger charge is 2.42. The van der Waals surface area contributed by atoms with E-state index in [1.165, 1.54) is 25.3 Å². The van der Waals surface area contributed by atoms with Gasteiger partial charge >= 0.3 is 0 Å². The Kier molecular flexibility index (Phi) is 5.12. The zero-order chi connectivity index (χ0) is 19.8. The van der Waals surface area contributed by atoms with Crippen molar-refractivity contribution in [2.45, 2.75) is 6.92 Å². The molecule has 2 aromatic rings. The normalized spacial score (nSPS) is 18.4. The Labute approximate surface area is 161 Å². The van der Waals surface area contributed by atoms with E-state index in [-0.39, 0.29) is 22.0 Å². The Bertz CT molecular complexity index is 1020. The third-order valence-electron chi connectivity index (χ3n) is 4.14. The minimum absolute atomic E-state index is 0.0441. The quantitative estimate of drug-likeness (QED) is 0.839. The molecule has 1 atom stereocenters. The minimum atomic E-state index is -3.77. The van der Waals surface area contributed by atoms with Gasteiger partial charge in [-0.1, -0.05) is 30.7 Å². The number of carbonyl (C=O) groups excluding carboxylic acids is 2. The van der Waals surface area contributed by atoms with Gasteiger partial charge in [-0.15, -0.1) is 0 Å². The minimum Gasteiger partial charge on any atom is -0.495 e. The van der Waals surface area contributed by atoms with E-state index in [0.717, 1.165) is 4.31 Å². The fraction of sp³-hybridized carbons (Fsp3) is 0.222. The molecule has 142 valence electrons. The van der Waals surface area contributed by atoms with Crippen molar-refractivity contribution in [2.24, 2.45) is 5.92 Å². The molecular formula is C18H17ClN2O5S. The third kappa shape index (κ3) is 3.63. The molecule has 3 rings (SSSR count). The van der Waals surface area contributed by atoms with Gasteiger partial charge in [0.25, 0.3) is 5.91 Å². The number of halogens is 1. The summed E-state index contributed by atoms with van der Waals surface area (Å²) in [4.78, 5) is 24.9. The maximum atomic E-state index is 12.7. The topological polar surface area (TPSA) is 92.8 Å². The number of benzene rings is 2. The number of amides is 2. The van der Waals surface area contributed by atoms with Gasteiger partial charge in [0.05, 0.1) is 40.7 Å². The van der Waals surface area contributed by atoms with Crippen LogP contribution in [0.4, 0.5) is 11.4 Å². The van der Waals surface area contributed by atoms with Gasteiger partial charge in [0.1, 0.15) is 5.75 Å². The van der Waals surface area contributed by atoms with Crippen molar-refractivity contribution in [3.63, 3.8) is 0 Å². The summed E-state index contributed by atoms with van der Waals surface area (Å²) in [6, 6.07) is 10.9. The predicted molar refractivity (Wildman–Crippen MR) is 103 cm³/mol. The van der Waals surface area contributed by atoms with E-state index in [9.17, 15) is 18.0 Å². The van der Waals surface area contributed by atoms with Crippen LogP contribution < -0.4 is 14.4 Å². The zero-order valence-corrected chi connectivity index (χ0v) is 16.2. The monoisotopic (exact) mass is 408 g/mol. The molecule has 0 radical (unpaired) electrons. The molecule has 1 N–H and O–H groups in total. The number of para-hydroxylation sites is 2. The summed E-state index contributed by atoms with van der Waals surface area (Å²) in [6.07, 6.45) is 0. The molecule has 0 spiro atoms. The van der Waals surface area contributed by atoms with Crippen molar-refractivity contribution >= 4 is 44.8 Å². The van der Waals surface area contributed by atoms with Crippen LogP contribution in [0.3, 0.4) is 0 Å². The first-order chi connectivity index (χ1) is 12.7. The number of sulfonamides is 1. The lowest BCUT2D eigenvalue weighted by molar-refractivity contribution is -0.119. The number of nitrogens with one attached hydrogen (secondary N) is 1. The molecule has 2 amide bonds. The highest BCUT2D eigenvalue weighted by atomic mass is 35.5. The summed E-state index contributed by atoms with van der Waals surface area (Å²) in [5.41, 5.74) is 0.562. The lowest BCUT2D eigenvalue weighted by Gasteiger charge is -2.17. The Morgan fingerprint density at radius 3 is 2.59 bits per heavy atom. The Morgan fingerprint density at radius 1 is 1.26 bits per heavy atom. The number of carbonyl (C=O) groups is 2. The van der Waals surface area contributed by atoms with E-state index in [2.05, 4.69) is 5.32 Å². The van der Waals surface area contributed by atoms with Crippen LogP contribution in [-0.2, 0) is 14.8 Å². The van der Waals surface area contributed by atoms with Crippen LogP contribution in [-0.4, -0.2) is 33.1 Å². The molecule has 1 unspecified atom stereocenters. The van der Waals surface area contributed by atoms with Crippen molar-refractivity contribution in [2.75, 3.05) is 22.5 Å². The molecule has 1 fully saturated rings. The summed E-state index contributed by atoms with van der Waals surface area (Å²) in [5.74, 6) is -1.53. The molecule has 0 aliphatic carbocycles. The van der Waals surface area contributed by atoms with E-state index < -0.39 is 27.8 Å². The van der Waals surface area contributed by atoms with Gasteiger partial charge in [-0.05, 0) is 30.3 Å². The summed E-state index contributed by atoms with van der Waals surface area (Å²) in [5, 5.41) is 2.80. The van der Waals surface area contributed by atoms with Crippen molar-refractivity contribution in [1.29, 1.82) is 0 Å². The molecule has 1 saturated heterocycles. The lowest BCUT2D eigenvalue weighted by atomic mass is 10.1. The SMILES string of the molecule is COc1ccccc1NC(=O)c1cc(N2C(=O)C(C)CS2(=O)=O)ccc1Cl. The van der Waals surface area contributed by atoms with Gasteiger partial charge in [-0.2, -0.15) is 0 Å². The Balaban J connectivity index is 1.96. The number of ether oxygens (including phenoxy) is 1. The molecule has 0 saturated carbocycles. The molecule has 27 heavy (non-hydrogen) atoms. The second-order valence-corrected chi connectivity index (χ2v) is 8.37. The summed E-state index contributed by atoms with van der Waals surface area (Å²) in [7, 11) is -2.30. The largest absolute Gasteiger partial charge is 0.495 e. The highest BCUT2D eigenvalue weighted by Crippen LogP contribution is 2.32. The molecule has 1 aliphatic rings. The van der Waals surface area contributed by atoms with Gasteiger partial charge in [0, 0.05) is 0 Å². The smallest absolute Gasteiger partial charge is 0.257 e. The summed E-state index contributed by atoms with van der Waals surface area (Å²) < 4.78 is 30.5. The molecular weight excluding hydrogens is 392 g/mol. The zero-order valence-electron chi connectivity index (χ0n) is 14.6. The van der Waals surface area contributed by atoms with Crippen molar-refractivity contribution in [3.8, 4) is 5.75 Å². The molecule has 0 aromatic heterocycles. The van der Waals surface area contributed by atoms with Gasteiger partial charge in [0.15, 0.2) is 0 Å². The van der Waals surface area contributed by atoms with Crippen LogP contribution in [0.25, 0.3) is 0 Å². The number of anilines is 2. The van der Waals surface area contributed by atoms with Crippen LogP contribution in [0.2, 0.25) is 5.02 Å². The van der Waals surface area contributed by atoms with E-state index in [1.807, 2.05) is 0 Å². The fourth-order valence-electron chi connectivity index (χ4n) is 2.84. The lowest BCUT2D eigenvalue weighted by Crippen LogP contribution is -2.30. The van der Waals surface area contributed by atoms with Crippen LogP contribution >= 0.6 is 11.6 Å². The average Bonchev–Trinajstić information content (AvgIpc) is 2.83. The number of rotatable bonds is 4. The highest BCUT2D eigenvalue weighted by molar-refractivity contribution is 7.94. The first-order valence-corrected chi connectivity index (χ1v) is 10.0. The van der Waals surface area contributed by atoms with Crippen LogP contribution in [0.5, 0.6) is 5.75 Å². The van der Waals surface area contributed by atoms with E-state index in [4.69, 9.17) is 16.3 Å². The molecule has 1 aliphatic heterocycles. The number of hydrogen-bond acceptors (Lipinski definition) is 5. The van der Waals surface area contributed by atoms with Gasteiger partial charge in [0.2, 0.25) is 15.9 Å². The van der Waals surface area contributed by atoms with E-state index in [0.29, 0.717) is 11.4 Å². The first kappa shape index (κ1) is 19.2. The molecule has 0 bridgehead atoms. The molecule has 1 heterocycles. The first-order valence-electron chi connectivity index (χ1n) is 8.05. The van der Waals surface area contributed by atoms with Crippen LogP contribution in [0, 0.1) is 5.92 Å². The van der Waals surface area contributed by atoms with Crippen molar-refractivity contribution in [3.05, 3.63) is 53.1 Å². The average molecular weight is 409 g/mol.